The molecule has 0 saturated heterocycles. The van der Waals surface area contributed by atoms with Gasteiger partial charge in [-0.1, -0.05) is 157 Å². The highest BCUT2D eigenvalue weighted by atomic mass is 35.5. The molecule has 1 aliphatic heterocycles. The highest BCUT2D eigenvalue weighted by molar-refractivity contribution is 7.21. The van der Waals surface area contributed by atoms with Crippen LogP contribution in [-0.4, -0.2) is 23.0 Å². The van der Waals surface area contributed by atoms with Gasteiger partial charge >= 0.3 is 0 Å². The third-order valence-electron chi connectivity index (χ3n) is 9.68. The van der Waals surface area contributed by atoms with Crippen LogP contribution in [0.4, 0.5) is 11.4 Å². The number of halogens is 1. The molecule has 2 heterocycles. The summed E-state index contributed by atoms with van der Waals surface area (Å²) in [6.45, 7) is 0. The largest absolute Gasteiger partial charge is 0.356 e. The number of anilines is 2. The van der Waals surface area contributed by atoms with Crippen LogP contribution >= 0.6 is 11.6 Å². The molecular weight excluding hydrogens is 660 g/mol. The predicted molar refractivity (Wildman–Crippen MR) is 213 cm³/mol. The first-order valence-corrected chi connectivity index (χ1v) is 19.3. The Morgan fingerprint density at radius 2 is 0.804 bits per heavy atom. The average Bonchev–Trinajstić information content (AvgIpc) is 3.21. The van der Waals surface area contributed by atoms with Crippen LogP contribution in [0, 0.1) is 0 Å². The molecule has 0 amide bonds. The van der Waals surface area contributed by atoms with Crippen molar-refractivity contribution in [1.82, 2.24) is 15.0 Å². The van der Waals surface area contributed by atoms with Crippen LogP contribution in [0.15, 0.2) is 182 Å². The molecule has 9 rings (SSSR count). The molecule has 0 fully saturated rings. The third-order valence-corrected chi connectivity index (χ3v) is 14.8. The van der Waals surface area contributed by atoms with E-state index in [1.807, 2.05) is 54.6 Å². The van der Waals surface area contributed by atoms with Crippen molar-refractivity contribution in [2.75, 3.05) is 5.32 Å². The van der Waals surface area contributed by atoms with Crippen molar-refractivity contribution in [2.24, 2.45) is 0 Å². The lowest BCUT2D eigenvalue weighted by molar-refractivity contribution is 1.07. The molecule has 51 heavy (non-hydrogen) atoms. The first-order chi connectivity index (χ1) is 25.2. The molecule has 8 aromatic rings. The number of hydrogen-bond donors (Lipinski definition) is 1. The van der Waals surface area contributed by atoms with Crippen molar-refractivity contribution in [3.05, 3.63) is 187 Å². The summed E-state index contributed by atoms with van der Waals surface area (Å²) in [6.07, 6.45) is 0. The molecule has 0 radical (unpaired) electrons. The lowest BCUT2D eigenvalue weighted by Gasteiger charge is -2.40. The molecule has 0 saturated carbocycles. The van der Waals surface area contributed by atoms with Crippen LogP contribution in [0.3, 0.4) is 0 Å². The van der Waals surface area contributed by atoms with E-state index in [1.165, 1.54) is 26.4 Å². The quantitative estimate of drug-likeness (QED) is 0.178. The maximum Gasteiger partial charge on any atom is 0.184 e. The number of nitrogens with zero attached hydrogens (tertiary/aromatic N) is 3. The van der Waals surface area contributed by atoms with Gasteiger partial charge in [0.05, 0.1) is 0 Å². The van der Waals surface area contributed by atoms with Crippen molar-refractivity contribution in [2.45, 2.75) is 0 Å². The number of benzene rings is 7. The molecule has 0 bridgehead atoms. The zero-order valence-corrected chi connectivity index (χ0v) is 29.3. The van der Waals surface area contributed by atoms with Crippen LogP contribution in [-0.2, 0) is 0 Å². The molecule has 4 nitrogen and oxygen atoms in total. The summed E-state index contributed by atoms with van der Waals surface area (Å²) in [6, 6.07) is 64.0. The molecule has 242 valence electrons. The van der Waals surface area contributed by atoms with Gasteiger partial charge in [0.2, 0.25) is 0 Å². The molecule has 0 spiro atoms. The van der Waals surface area contributed by atoms with Crippen LogP contribution < -0.4 is 26.1 Å². The monoisotopic (exact) mass is 690 g/mol. The number of hydrogen-bond acceptors (Lipinski definition) is 4. The van der Waals surface area contributed by atoms with E-state index in [2.05, 4.69) is 133 Å². The van der Waals surface area contributed by atoms with E-state index < -0.39 is 8.07 Å². The van der Waals surface area contributed by atoms with Gasteiger partial charge in [-0.05, 0) is 68.3 Å². The zero-order valence-electron chi connectivity index (χ0n) is 27.5. The second-order valence-corrected chi connectivity index (χ2v) is 16.8. The van der Waals surface area contributed by atoms with Crippen molar-refractivity contribution in [3.63, 3.8) is 0 Å². The number of aromatic nitrogens is 3. The normalized spacial score (nSPS) is 12.7. The van der Waals surface area contributed by atoms with Crippen LogP contribution in [0.25, 0.3) is 45.3 Å². The Hall–Kier alpha value is -6.14. The summed E-state index contributed by atoms with van der Waals surface area (Å²) in [7, 11) is -2.68. The van der Waals surface area contributed by atoms with E-state index >= 15 is 0 Å². The first-order valence-electron chi connectivity index (χ1n) is 17.0. The molecule has 1 N–H and O–H groups in total. The number of fused-ring (bicyclic) bond motifs is 2. The number of rotatable bonds is 6. The van der Waals surface area contributed by atoms with E-state index in [0.717, 1.165) is 33.5 Å². The van der Waals surface area contributed by atoms with Gasteiger partial charge in [0.15, 0.2) is 25.5 Å². The Bertz CT molecular complexity index is 2450. The molecule has 6 heteroatoms. The maximum absolute atomic E-state index is 6.20. The average molecular weight is 691 g/mol. The van der Waals surface area contributed by atoms with Crippen LogP contribution in [0.5, 0.6) is 0 Å². The van der Waals surface area contributed by atoms with E-state index in [4.69, 9.17) is 26.6 Å². The lowest BCUT2D eigenvalue weighted by Crippen LogP contribution is -2.76. The van der Waals surface area contributed by atoms with Gasteiger partial charge in [0.1, 0.15) is 0 Å². The van der Waals surface area contributed by atoms with Gasteiger partial charge in [-0.25, -0.2) is 15.0 Å². The van der Waals surface area contributed by atoms with Gasteiger partial charge in [-0.2, -0.15) is 0 Å². The van der Waals surface area contributed by atoms with Crippen LogP contribution in [0.2, 0.25) is 5.02 Å². The number of nitrogens with one attached hydrogen (secondary N) is 1. The summed E-state index contributed by atoms with van der Waals surface area (Å²) in [5, 5.41) is 9.89. The predicted octanol–water partition coefficient (Wildman–Crippen LogP) is 8.63. The SMILES string of the molecule is Clc1ccc(-c2nc(-c3ccccc3)nc(-c3ccc(-c4ccc5c(c4)[Si](c4ccccc4)(c4ccccc4)c4ccccc4N5)cc3)n2)cc1. The summed E-state index contributed by atoms with van der Waals surface area (Å²) < 4.78 is 0. The zero-order chi connectivity index (χ0) is 34.2. The fraction of sp³-hybridized carbons (Fsp3) is 0. The third kappa shape index (κ3) is 5.53. The lowest BCUT2D eigenvalue weighted by atomic mass is 10.0. The van der Waals surface area contributed by atoms with Gasteiger partial charge in [0, 0.05) is 33.1 Å². The highest BCUT2D eigenvalue weighted by Gasteiger charge is 2.46. The minimum atomic E-state index is -2.68. The first kappa shape index (κ1) is 30.9. The molecule has 0 aliphatic carbocycles. The van der Waals surface area contributed by atoms with Gasteiger partial charge < -0.3 is 5.32 Å². The van der Waals surface area contributed by atoms with E-state index in [9.17, 15) is 0 Å². The standard InChI is InChI=1S/C45H31ClN4Si/c46-36-27-24-34(25-28-36)45-49-43(32-12-4-1-5-13-32)48-44(50-45)33-22-20-31(21-23-33)35-26-29-40-42(30-35)51(37-14-6-2-7-15-37,38-16-8-3-9-17-38)41-19-11-10-18-39(41)47-40/h1-30,47H. The summed E-state index contributed by atoms with van der Waals surface area (Å²) >= 11 is 6.20. The van der Waals surface area contributed by atoms with Crippen molar-refractivity contribution < 1.29 is 0 Å². The van der Waals surface area contributed by atoms with Crippen molar-refractivity contribution in [1.29, 1.82) is 0 Å². The Labute approximate surface area is 303 Å². The Balaban J connectivity index is 1.17. The van der Waals surface area contributed by atoms with Crippen LogP contribution in [0.1, 0.15) is 0 Å². The van der Waals surface area contributed by atoms with Gasteiger partial charge in [-0.15, -0.1) is 0 Å². The second kappa shape index (κ2) is 13.0. The fourth-order valence-electron chi connectivity index (χ4n) is 7.28. The fourth-order valence-corrected chi connectivity index (χ4v) is 12.5. The maximum atomic E-state index is 6.20. The molecule has 1 aliphatic rings. The second-order valence-electron chi connectivity index (χ2n) is 12.7. The topological polar surface area (TPSA) is 50.7 Å². The molecule has 7 aromatic carbocycles. The number of para-hydroxylation sites is 1. The highest BCUT2D eigenvalue weighted by Crippen LogP contribution is 2.31. The smallest absolute Gasteiger partial charge is 0.184 e. The minimum absolute atomic E-state index is 0.602. The van der Waals surface area contributed by atoms with Crippen molar-refractivity contribution >= 4 is 51.8 Å². The molecule has 0 atom stereocenters. The van der Waals surface area contributed by atoms with Gasteiger partial charge in [-0.3, -0.25) is 0 Å². The minimum Gasteiger partial charge on any atom is -0.356 e. The Morgan fingerprint density at radius 3 is 1.39 bits per heavy atom. The van der Waals surface area contributed by atoms with Gasteiger partial charge in [0.25, 0.3) is 0 Å². The Kier molecular flexibility index (Phi) is 7.84. The molecule has 0 unspecified atom stereocenters. The summed E-state index contributed by atoms with van der Waals surface area (Å²) in [4.78, 5) is 14.7. The van der Waals surface area contributed by atoms with E-state index in [-0.39, 0.29) is 0 Å². The van der Waals surface area contributed by atoms with E-state index in [1.54, 1.807) is 0 Å². The van der Waals surface area contributed by atoms with Crippen molar-refractivity contribution in [3.8, 4) is 45.3 Å². The van der Waals surface area contributed by atoms with E-state index in [0.29, 0.717) is 22.5 Å². The molecule has 1 aromatic heterocycles. The summed E-state index contributed by atoms with van der Waals surface area (Å²) in [5.74, 6) is 1.84. The molecular formula is C45H31ClN4Si. The Morgan fingerprint density at radius 1 is 0.373 bits per heavy atom. The summed E-state index contributed by atoms with van der Waals surface area (Å²) in [5.41, 5.74) is 7.34.